The lowest BCUT2D eigenvalue weighted by atomic mass is 10.4. The van der Waals surface area contributed by atoms with Gasteiger partial charge in [-0.25, -0.2) is 0 Å². The van der Waals surface area contributed by atoms with Gasteiger partial charge >= 0.3 is 5.51 Å². The molecule has 0 atom stereocenters. The van der Waals surface area contributed by atoms with E-state index in [2.05, 4.69) is 11.3 Å². The van der Waals surface area contributed by atoms with E-state index in [1.807, 2.05) is 0 Å². The minimum atomic E-state index is -4.26. The number of alkyl halides is 3. The summed E-state index contributed by atoms with van der Waals surface area (Å²) >= 11 is -0.170. The van der Waals surface area contributed by atoms with Crippen molar-refractivity contribution in [2.45, 2.75) is 17.5 Å². The molecule has 1 rings (SSSR count). The molecule has 0 N–H and O–H groups in total. The zero-order valence-corrected chi connectivity index (χ0v) is 7.25. The minimum Gasteiger partial charge on any atom is -0.261 e. The maximum Gasteiger partial charge on any atom is 0.447 e. The van der Waals surface area contributed by atoms with Gasteiger partial charge in [-0.2, -0.15) is 18.3 Å². The van der Waals surface area contributed by atoms with Crippen LogP contribution in [0.2, 0.25) is 0 Å². The fourth-order valence-electron chi connectivity index (χ4n) is 0.738. The Bertz CT molecular complexity index is 259. The second-order valence-corrected chi connectivity index (χ2v) is 3.27. The van der Waals surface area contributed by atoms with Gasteiger partial charge in [0, 0.05) is 24.4 Å². The Morgan fingerprint density at radius 1 is 1.50 bits per heavy atom. The van der Waals surface area contributed by atoms with Gasteiger partial charge in [-0.1, -0.05) is 0 Å². The Balaban J connectivity index is 2.88. The van der Waals surface area contributed by atoms with Crippen molar-refractivity contribution in [3.63, 3.8) is 0 Å². The lowest BCUT2D eigenvalue weighted by Crippen LogP contribution is -2.03. The lowest BCUT2D eigenvalue weighted by molar-refractivity contribution is -0.0331. The third-order valence-electron chi connectivity index (χ3n) is 1.19. The van der Waals surface area contributed by atoms with E-state index in [0.717, 1.165) is 4.68 Å². The number of thioether (sulfide) groups is 1. The summed E-state index contributed by atoms with van der Waals surface area (Å²) in [6.07, 6.45) is 2.45. The molecule has 12 heavy (non-hydrogen) atoms. The van der Waals surface area contributed by atoms with Crippen LogP contribution < -0.4 is 0 Å². The second kappa shape index (κ2) is 3.01. The fourth-order valence-corrected chi connectivity index (χ4v) is 1.33. The number of aryl methyl sites for hydroxylation is 2. The highest BCUT2D eigenvalue weighted by Gasteiger charge is 2.31. The summed E-state index contributed by atoms with van der Waals surface area (Å²) < 4.78 is 36.8. The molecule has 0 amide bonds. The molecule has 1 radical (unpaired) electrons. The Kier molecular flexibility index (Phi) is 2.36. The van der Waals surface area contributed by atoms with Gasteiger partial charge in [-0.05, 0) is 6.92 Å². The van der Waals surface area contributed by atoms with E-state index in [4.69, 9.17) is 0 Å². The van der Waals surface area contributed by atoms with Gasteiger partial charge < -0.3 is 0 Å². The van der Waals surface area contributed by atoms with Crippen molar-refractivity contribution < 1.29 is 13.2 Å². The summed E-state index contributed by atoms with van der Waals surface area (Å²) in [5.74, 6) is 0. The third-order valence-corrected chi connectivity index (χ3v) is 2.19. The average molecular weight is 195 g/mol. The van der Waals surface area contributed by atoms with Gasteiger partial charge in [0.15, 0.2) is 0 Å². The highest BCUT2D eigenvalue weighted by molar-refractivity contribution is 8.00. The van der Waals surface area contributed by atoms with Crippen molar-refractivity contribution >= 4 is 11.8 Å². The fraction of sp³-hybridized carbons (Fsp3) is 0.500. The predicted octanol–water partition coefficient (Wildman–Crippen LogP) is 2.14. The van der Waals surface area contributed by atoms with Crippen LogP contribution in [0.15, 0.2) is 5.03 Å². The normalized spacial score (nSPS) is 12.1. The minimum absolute atomic E-state index is 0.0856. The zero-order valence-electron chi connectivity index (χ0n) is 6.44. The van der Waals surface area contributed by atoms with Gasteiger partial charge in [0.1, 0.15) is 11.2 Å². The molecule has 0 aromatic carbocycles. The van der Waals surface area contributed by atoms with E-state index in [9.17, 15) is 13.2 Å². The van der Waals surface area contributed by atoms with Crippen LogP contribution >= 0.6 is 11.8 Å². The van der Waals surface area contributed by atoms with Crippen molar-refractivity contribution in [2.24, 2.45) is 7.05 Å². The average Bonchev–Trinajstić information content (AvgIpc) is 2.16. The summed E-state index contributed by atoms with van der Waals surface area (Å²) in [6, 6.07) is 0. The number of nitrogens with zero attached hydrogens (tertiary/aromatic N) is 2. The first-order valence-corrected chi connectivity index (χ1v) is 3.89. The number of aromatic nitrogens is 2. The maximum absolute atomic E-state index is 11.9. The van der Waals surface area contributed by atoms with E-state index < -0.39 is 5.51 Å². The lowest BCUT2D eigenvalue weighted by Gasteiger charge is -2.05. The van der Waals surface area contributed by atoms with Crippen LogP contribution in [0.25, 0.3) is 0 Å². The van der Waals surface area contributed by atoms with Crippen molar-refractivity contribution in [2.75, 3.05) is 0 Å². The first-order chi connectivity index (χ1) is 5.40. The zero-order chi connectivity index (χ0) is 9.35. The molecule has 0 saturated heterocycles. The van der Waals surface area contributed by atoms with Gasteiger partial charge in [-0.15, -0.1) is 0 Å². The molecule has 1 aromatic heterocycles. The molecule has 2 nitrogen and oxygen atoms in total. The Labute approximate surface area is 71.8 Å². The smallest absolute Gasteiger partial charge is 0.261 e. The molecular formula is C6H6F3N2S. The Morgan fingerprint density at radius 3 is 2.42 bits per heavy atom. The van der Waals surface area contributed by atoms with Gasteiger partial charge in [0.05, 0.1) is 0 Å². The molecule has 0 bridgehead atoms. The molecule has 0 unspecified atom stereocenters. The van der Waals surface area contributed by atoms with Crippen LogP contribution in [0.5, 0.6) is 0 Å². The maximum atomic E-state index is 11.9. The van der Waals surface area contributed by atoms with Gasteiger partial charge in [-0.3, -0.25) is 4.68 Å². The number of hydrogen-bond acceptors (Lipinski definition) is 2. The van der Waals surface area contributed by atoms with Crippen LogP contribution in [0.3, 0.4) is 0 Å². The SMILES string of the molecule is Cc1[c]nn(C)c1SC(F)(F)F. The van der Waals surface area contributed by atoms with Crippen molar-refractivity contribution in [3.05, 3.63) is 11.8 Å². The first-order valence-electron chi connectivity index (χ1n) is 3.07. The molecule has 0 fully saturated rings. The summed E-state index contributed by atoms with van der Waals surface area (Å²) in [7, 11) is 1.46. The first kappa shape index (κ1) is 9.44. The molecular weight excluding hydrogens is 189 g/mol. The highest BCUT2D eigenvalue weighted by Crippen LogP contribution is 2.37. The molecule has 0 aliphatic heterocycles. The monoisotopic (exact) mass is 195 g/mol. The van der Waals surface area contributed by atoms with Crippen LogP contribution in [0, 0.1) is 13.1 Å². The molecule has 0 saturated carbocycles. The van der Waals surface area contributed by atoms with Gasteiger partial charge in [0.25, 0.3) is 0 Å². The number of hydrogen-bond donors (Lipinski definition) is 0. The van der Waals surface area contributed by atoms with Crippen LogP contribution in [0.1, 0.15) is 5.56 Å². The van der Waals surface area contributed by atoms with E-state index in [-0.39, 0.29) is 16.8 Å². The van der Waals surface area contributed by atoms with Crippen molar-refractivity contribution in [3.8, 4) is 0 Å². The quantitative estimate of drug-likeness (QED) is 0.639. The molecule has 0 spiro atoms. The molecule has 1 heterocycles. The molecule has 1 aromatic rings. The predicted molar refractivity (Wildman–Crippen MR) is 38.7 cm³/mol. The standard InChI is InChI=1S/C6H6F3N2S/c1-4-3-10-11(2)5(4)12-6(7,8)9/h1-2H3. The molecule has 6 heteroatoms. The topological polar surface area (TPSA) is 17.8 Å². The summed E-state index contributed by atoms with van der Waals surface area (Å²) in [4.78, 5) is 0. The van der Waals surface area contributed by atoms with Crippen molar-refractivity contribution in [1.29, 1.82) is 0 Å². The largest absolute Gasteiger partial charge is 0.447 e. The van der Waals surface area contributed by atoms with E-state index in [0.29, 0.717) is 5.56 Å². The van der Waals surface area contributed by atoms with Crippen LogP contribution in [-0.4, -0.2) is 15.3 Å². The highest BCUT2D eigenvalue weighted by atomic mass is 32.2. The van der Waals surface area contributed by atoms with E-state index >= 15 is 0 Å². The summed E-state index contributed by atoms with van der Waals surface area (Å²) in [6.45, 7) is 1.54. The second-order valence-electron chi connectivity index (χ2n) is 2.21. The third kappa shape index (κ3) is 2.17. The number of rotatable bonds is 1. The van der Waals surface area contributed by atoms with E-state index in [1.54, 1.807) is 6.92 Å². The molecule has 0 aliphatic rings. The van der Waals surface area contributed by atoms with Crippen molar-refractivity contribution in [1.82, 2.24) is 9.78 Å². The summed E-state index contributed by atoms with van der Waals surface area (Å²) in [5, 5.41) is 3.66. The molecule has 0 aliphatic carbocycles. The van der Waals surface area contributed by atoms with E-state index in [1.165, 1.54) is 7.05 Å². The van der Waals surface area contributed by atoms with Gasteiger partial charge in [0.2, 0.25) is 0 Å². The Morgan fingerprint density at radius 2 is 2.08 bits per heavy atom. The summed E-state index contributed by atoms with van der Waals surface area (Å²) in [5.41, 5.74) is -3.84. The Hall–Kier alpha value is -0.650. The van der Waals surface area contributed by atoms with Crippen LogP contribution in [0.4, 0.5) is 13.2 Å². The number of halogens is 3. The van der Waals surface area contributed by atoms with Crippen LogP contribution in [-0.2, 0) is 7.05 Å². The molecule has 67 valence electrons.